The molecule has 4 heterocycles. The van der Waals surface area contributed by atoms with Gasteiger partial charge in [0.1, 0.15) is 24.4 Å². The van der Waals surface area contributed by atoms with Crippen molar-refractivity contribution in [2.75, 3.05) is 105 Å². The van der Waals surface area contributed by atoms with E-state index in [0.29, 0.717) is 65.9 Å². The highest BCUT2D eigenvalue weighted by molar-refractivity contribution is 5.83. The Balaban J connectivity index is 1.18. The third-order valence-electron chi connectivity index (χ3n) is 7.88. The summed E-state index contributed by atoms with van der Waals surface area (Å²) in [4.78, 5) is 26.2. The van der Waals surface area contributed by atoms with Crippen LogP contribution in [0.25, 0.3) is 0 Å². The van der Waals surface area contributed by atoms with Crippen molar-refractivity contribution in [2.45, 2.75) is 88.6 Å². The largest absolute Gasteiger partial charge is 0.379 e. The predicted octanol–water partition coefficient (Wildman–Crippen LogP) is 1.71. The van der Waals surface area contributed by atoms with Gasteiger partial charge in [-0.1, -0.05) is 0 Å². The van der Waals surface area contributed by atoms with Gasteiger partial charge >= 0.3 is 0 Å². The molecule has 4 aliphatic rings. The lowest BCUT2D eigenvalue weighted by atomic mass is 10.2. The Morgan fingerprint density at radius 3 is 1.38 bits per heavy atom. The van der Waals surface area contributed by atoms with Crippen LogP contribution in [0.15, 0.2) is 0 Å². The Bertz CT molecular complexity index is 784. The summed E-state index contributed by atoms with van der Waals surface area (Å²) in [5.74, 6) is -0.108. The molecule has 4 rings (SSSR count). The first kappa shape index (κ1) is 36.4. The van der Waals surface area contributed by atoms with Crippen molar-refractivity contribution in [3.05, 3.63) is 0 Å². The third-order valence-corrected chi connectivity index (χ3v) is 7.88. The number of carbonyl (C=O) groups is 2. The van der Waals surface area contributed by atoms with Crippen molar-refractivity contribution < 1.29 is 47.5 Å². The molecule has 45 heavy (non-hydrogen) atoms. The number of unbranched alkanes of at least 4 members (excludes halogenated alkanes) is 4. The number of epoxide rings is 4. The topological polar surface area (TPSA) is 140 Å². The van der Waals surface area contributed by atoms with Crippen LogP contribution < -0.4 is 5.32 Å². The van der Waals surface area contributed by atoms with Crippen molar-refractivity contribution in [3.63, 3.8) is 0 Å². The molecule has 13 nitrogen and oxygen atoms in total. The van der Waals surface area contributed by atoms with E-state index >= 15 is 0 Å². The third kappa shape index (κ3) is 19.1. The number of hydrogen-bond donors (Lipinski definition) is 1. The summed E-state index contributed by atoms with van der Waals surface area (Å²) in [6, 6.07) is 0. The van der Waals surface area contributed by atoms with E-state index < -0.39 is 0 Å². The molecule has 4 aliphatic heterocycles. The van der Waals surface area contributed by atoms with Gasteiger partial charge in [0.05, 0.1) is 52.9 Å². The molecule has 4 fully saturated rings. The van der Waals surface area contributed by atoms with Crippen molar-refractivity contribution in [2.24, 2.45) is 0 Å². The average Bonchev–Trinajstić information content (AvgIpc) is 3.85. The first-order chi connectivity index (χ1) is 22.2. The lowest BCUT2D eigenvalue weighted by molar-refractivity contribution is -0.151. The van der Waals surface area contributed by atoms with Crippen LogP contribution in [-0.4, -0.2) is 152 Å². The fourth-order valence-corrected chi connectivity index (χ4v) is 4.75. The molecule has 0 saturated carbocycles. The summed E-state index contributed by atoms with van der Waals surface area (Å²) in [6.45, 7) is 11.1. The molecule has 4 atom stereocenters. The van der Waals surface area contributed by atoms with E-state index in [1.165, 1.54) is 0 Å². The number of hydrazine groups is 1. The maximum Gasteiger partial charge on any atom is 0.237 e. The lowest BCUT2D eigenvalue weighted by Gasteiger charge is -2.35. The van der Waals surface area contributed by atoms with Crippen LogP contribution in [0, 0.1) is 0 Å². The van der Waals surface area contributed by atoms with Crippen LogP contribution in [0.2, 0.25) is 0 Å². The molecule has 1 N–H and O–H groups in total. The molecule has 4 saturated heterocycles. The molecular formula is C32H57N3O10. The second kappa shape index (κ2) is 22.2. The summed E-state index contributed by atoms with van der Waals surface area (Å²) < 4.78 is 43.5. The monoisotopic (exact) mass is 643 g/mol. The van der Waals surface area contributed by atoms with E-state index in [2.05, 4.69) is 10.3 Å². The molecule has 0 aliphatic carbocycles. The summed E-state index contributed by atoms with van der Waals surface area (Å²) in [5.41, 5.74) is 0. The second-order valence-corrected chi connectivity index (χ2v) is 12.3. The Labute approximate surface area is 268 Å². The van der Waals surface area contributed by atoms with Crippen molar-refractivity contribution >= 4 is 11.8 Å². The Morgan fingerprint density at radius 2 is 0.956 bits per heavy atom. The first-order valence-corrected chi connectivity index (χ1v) is 17.3. The molecule has 0 aromatic carbocycles. The predicted molar refractivity (Wildman–Crippen MR) is 165 cm³/mol. The normalized spacial score (nSPS) is 22.9. The van der Waals surface area contributed by atoms with Crippen molar-refractivity contribution in [1.82, 2.24) is 15.3 Å². The Morgan fingerprint density at radius 1 is 0.556 bits per heavy atom. The Hall–Kier alpha value is -1.42. The summed E-state index contributed by atoms with van der Waals surface area (Å²) in [7, 11) is 0. The zero-order chi connectivity index (χ0) is 31.4. The molecule has 13 heteroatoms. The van der Waals surface area contributed by atoms with Gasteiger partial charge < -0.3 is 43.2 Å². The summed E-state index contributed by atoms with van der Waals surface area (Å²) >= 11 is 0. The standard InChI is InChI=1S/C32H57N3O10/c36-31(33-11-1-5-15-38-19-27-23-42-27)9-10-32(37)35(14-4-8-18-41-22-30-26-45-30)34(12-2-6-16-39-20-28-24-43-28)13-3-7-17-40-21-29-25-44-29/h27-30H,1-26H2,(H,33,36). The fraction of sp³-hybridized carbons (Fsp3) is 0.938. The van der Waals surface area contributed by atoms with Gasteiger partial charge in [0.15, 0.2) is 0 Å². The Kier molecular flexibility index (Phi) is 18.0. The number of rotatable bonds is 32. The molecule has 260 valence electrons. The quantitative estimate of drug-likeness (QED) is 0.0651. The minimum atomic E-state index is -0.0913. The van der Waals surface area contributed by atoms with Crippen LogP contribution >= 0.6 is 0 Å². The highest BCUT2D eigenvalue weighted by Gasteiger charge is 2.25. The van der Waals surface area contributed by atoms with E-state index in [9.17, 15) is 9.59 Å². The molecule has 0 spiro atoms. The number of amides is 2. The van der Waals surface area contributed by atoms with Gasteiger partial charge in [0.25, 0.3) is 0 Å². The van der Waals surface area contributed by atoms with Gasteiger partial charge in [0.2, 0.25) is 11.8 Å². The van der Waals surface area contributed by atoms with Crippen LogP contribution in [0.4, 0.5) is 0 Å². The molecule has 0 aromatic heterocycles. The number of nitrogens with zero attached hydrogens (tertiary/aromatic N) is 2. The highest BCUT2D eigenvalue weighted by atomic mass is 16.6. The molecular weight excluding hydrogens is 586 g/mol. The van der Waals surface area contributed by atoms with E-state index in [-0.39, 0.29) is 49.1 Å². The van der Waals surface area contributed by atoms with Gasteiger partial charge in [-0.2, -0.15) is 0 Å². The zero-order valence-electron chi connectivity index (χ0n) is 27.2. The van der Waals surface area contributed by atoms with E-state index in [4.69, 9.17) is 37.9 Å². The van der Waals surface area contributed by atoms with Gasteiger partial charge in [-0.05, 0) is 51.4 Å². The summed E-state index contributed by atoms with van der Waals surface area (Å²) in [5, 5.41) is 7.02. The molecule has 2 amide bonds. The minimum Gasteiger partial charge on any atom is -0.379 e. The number of nitrogens with one attached hydrogen (secondary N) is 1. The lowest BCUT2D eigenvalue weighted by Crippen LogP contribution is -2.48. The maximum absolute atomic E-state index is 13.6. The SMILES string of the molecule is O=C(CCC(=O)N(CCCCOCC1CO1)N(CCCCOCC1CO1)CCCCOCC1CO1)NCCCCOCC1CO1. The van der Waals surface area contributed by atoms with Crippen LogP contribution in [-0.2, 0) is 47.5 Å². The molecule has 0 aromatic rings. The van der Waals surface area contributed by atoms with Gasteiger partial charge in [-0.25, -0.2) is 5.01 Å². The average molecular weight is 644 g/mol. The zero-order valence-corrected chi connectivity index (χ0v) is 27.2. The smallest absolute Gasteiger partial charge is 0.237 e. The summed E-state index contributed by atoms with van der Waals surface area (Å²) in [6.07, 6.45) is 8.46. The maximum atomic E-state index is 13.6. The van der Waals surface area contributed by atoms with Crippen molar-refractivity contribution in [3.8, 4) is 0 Å². The van der Waals surface area contributed by atoms with Gasteiger partial charge in [-0.15, -0.1) is 0 Å². The minimum absolute atomic E-state index is 0.0163. The van der Waals surface area contributed by atoms with E-state index in [1.807, 2.05) is 5.01 Å². The van der Waals surface area contributed by atoms with Gasteiger partial charge in [-0.3, -0.25) is 14.6 Å². The van der Waals surface area contributed by atoms with Crippen LogP contribution in [0.3, 0.4) is 0 Å². The molecule has 4 unspecified atom stereocenters. The van der Waals surface area contributed by atoms with Crippen LogP contribution in [0.5, 0.6) is 0 Å². The number of carbonyl (C=O) groups excluding carboxylic acids is 2. The second-order valence-electron chi connectivity index (χ2n) is 12.3. The van der Waals surface area contributed by atoms with Crippen molar-refractivity contribution in [1.29, 1.82) is 0 Å². The first-order valence-electron chi connectivity index (χ1n) is 17.3. The number of hydrogen-bond acceptors (Lipinski definition) is 11. The molecule has 0 bridgehead atoms. The van der Waals surface area contributed by atoms with Crippen LogP contribution in [0.1, 0.15) is 64.2 Å². The molecule has 0 radical (unpaired) electrons. The fourth-order valence-electron chi connectivity index (χ4n) is 4.75. The van der Waals surface area contributed by atoms with E-state index in [0.717, 1.165) is 90.9 Å². The highest BCUT2D eigenvalue weighted by Crippen LogP contribution is 2.14. The van der Waals surface area contributed by atoms with E-state index in [1.54, 1.807) is 0 Å². The number of ether oxygens (including phenoxy) is 8. The van der Waals surface area contributed by atoms with Gasteiger partial charge in [0, 0.05) is 65.4 Å².